The van der Waals surface area contributed by atoms with Crippen LogP contribution in [0.3, 0.4) is 0 Å². The van der Waals surface area contributed by atoms with E-state index in [4.69, 9.17) is 23.4 Å². The molecule has 0 amide bonds. The van der Waals surface area contributed by atoms with E-state index in [-0.39, 0.29) is 12.4 Å². The Morgan fingerprint density at radius 1 is 0.844 bits per heavy atom. The van der Waals surface area contributed by atoms with Gasteiger partial charge in [-0.1, -0.05) is 47.7 Å². The minimum absolute atomic E-state index is 0.158. The van der Waals surface area contributed by atoms with Crippen molar-refractivity contribution >= 4 is 28.9 Å². The molecular formula is C35H33N3O7. The maximum Gasteiger partial charge on any atom is 0.339 e. The number of hydrogen-bond acceptors (Lipinski definition) is 9. The molecule has 0 unspecified atom stereocenters. The van der Waals surface area contributed by atoms with E-state index in [1.54, 1.807) is 49.3 Å². The molecule has 0 saturated carbocycles. The number of allylic oxidation sites excluding steroid dienone is 2. The lowest BCUT2D eigenvalue weighted by Crippen LogP contribution is -2.05. The fourth-order valence-electron chi connectivity index (χ4n) is 4.54. The van der Waals surface area contributed by atoms with Crippen molar-refractivity contribution in [1.29, 1.82) is 0 Å². The maximum absolute atomic E-state index is 12.4. The number of aryl methyl sites for hydroxylation is 1. The predicted molar refractivity (Wildman–Crippen MR) is 171 cm³/mol. The molecule has 230 valence electrons. The summed E-state index contributed by atoms with van der Waals surface area (Å²) in [6, 6.07) is 21.6. The minimum Gasteiger partial charge on any atom is -0.496 e. The molecular weight excluding hydrogens is 574 g/mol. The van der Waals surface area contributed by atoms with Crippen molar-refractivity contribution in [3.05, 3.63) is 118 Å². The highest BCUT2D eigenvalue weighted by Crippen LogP contribution is 2.29. The molecule has 10 heteroatoms. The molecule has 10 nitrogen and oxygen atoms in total. The molecule has 45 heavy (non-hydrogen) atoms. The first-order chi connectivity index (χ1) is 22.0. The number of methoxy groups -OCH3 is 2. The number of benzene rings is 3. The van der Waals surface area contributed by atoms with Crippen molar-refractivity contribution in [1.82, 2.24) is 15.0 Å². The number of carbonyl (C=O) groups excluding carboxylic acids is 1. The van der Waals surface area contributed by atoms with E-state index in [0.29, 0.717) is 47.4 Å². The second kappa shape index (κ2) is 15.2. The molecule has 0 atom stereocenters. The summed E-state index contributed by atoms with van der Waals surface area (Å²) < 4.78 is 29.6. The number of fused-ring (bicyclic) bond motifs is 1. The van der Waals surface area contributed by atoms with E-state index in [1.807, 2.05) is 54.7 Å². The van der Waals surface area contributed by atoms with Crippen LogP contribution < -0.4 is 24.6 Å². The monoisotopic (exact) mass is 607 g/mol. The Balaban J connectivity index is 1.08. The summed E-state index contributed by atoms with van der Waals surface area (Å²) in [6.45, 7) is 1.33. The van der Waals surface area contributed by atoms with E-state index in [1.165, 1.54) is 18.2 Å². The average Bonchev–Trinajstić information content (AvgIpc) is 3.52. The third kappa shape index (κ3) is 8.47. The van der Waals surface area contributed by atoms with Crippen molar-refractivity contribution in [2.45, 2.75) is 26.0 Å². The summed E-state index contributed by atoms with van der Waals surface area (Å²) in [5.74, 6) is 2.14. The van der Waals surface area contributed by atoms with Gasteiger partial charge in [0.25, 0.3) is 0 Å². The Kier molecular flexibility index (Phi) is 10.4. The van der Waals surface area contributed by atoms with Crippen LogP contribution in [0.2, 0.25) is 0 Å². The summed E-state index contributed by atoms with van der Waals surface area (Å²) in [4.78, 5) is 24.2. The number of rotatable bonds is 15. The van der Waals surface area contributed by atoms with Gasteiger partial charge in [-0.3, -0.25) is 9.48 Å². The van der Waals surface area contributed by atoms with Gasteiger partial charge in [-0.25, -0.2) is 4.79 Å². The zero-order valence-corrected chi connectivity index (χ0v) is 25.0. The summed E-state index contributed by atoms with van der Waals surface area (Å²) in [7, 11) is 3.16. The van der Waals surface area contributed by atoms with Gasteiger partial charge in [0.15, 0.2) is 17.3 Å². The fourth-order valence-corrected chi connectivity index (χ4v) is 4.54. The summed E-state index contributed by atoms with van der Waals surface area (Å²) in [6.07, 6.45) is 9.85. The number of unbranched alkanes of at least 4 members (excludes halogenated alkanes) is 1. The van der Waals surface area contributed by atoms with E-state index in [2.05, 4.69) is 10.3 Å². The van der Waals surface area contributed by atoms with Crippen LogP contribution in [-0.4, -0.2) is 41.6 Å². The molecule has 5 rings (SSSR count). The van der Waals surface area contributed by atoms with Crippen LogP contribution in [0.1, 0.15) is 29.7 Å². The quantitative estimate of drug-likeness (QED) is 0.0787. The van der Waals surface area contributed by atoms with Crippen LogP contribution in [0, 0.1) is 0 Å². The van der Waals surface area contributed by atoms with Gasteiger partial charge in [0.1, 0.15) is 29.4 Å². The van der Waals surface area contributed by atoms with E-state index < -0.39 is 5.63 Å². The number of para-hydroxylation sites is 2. The molecule has 0 aliphatic rings. The molecule has 0 radical (unpaired) electrons. The second-order valence-electron chi connectivity index (χ2n) is 9.96. The van der Waals surface area contributed by atoms with Gasteiger partial charge < -0.3 is 23.4 Å². The lowest BCUT2D eigenvalue weighted by atomic mass is 10.1. The van der Waals surface area contributed by atoms with Gasteiger partial charge in [-0.15, -0.1) is 5.10 Å². The standard InChI is InChI=1S/C35H33N3O7/c1-41-30-11-5-3-9-26(30)15-17-28(39)16-13-25-14-18-32(34(21-25)42-2)44-24-27-23-38(37-36-27)19-7-8-20-43-33-22-35(40)45-31-12-6-4-10-29(31)33/h3-6,9-18,21-23H,7-8,19-20,24H2,1-2H3/b16-13+,17-15+. The van der Waals surface area contributed by atoms with Gasteiger partial charge in [0.05, 0.1) is 38.5 Å². The Labute approximate surface area is 260 Å². The van der Waals surface area contributed by atoms with Gasteiger partial charge in [-0.05, 0) is 67.0 Å². The fraction of sp³-hybridized carbons (Fsp3) is 0.200. The SMILES string of the molecule is COc1ccccc1/C=C/C(=O)/C=C/c1ccc(OCc2cn(CCCCOc3cc(=O)oc4ccccc34)nn2)c(OC)c1. The van der Waals surface area contributed by atoms with Crippen molar-refractivity contribution < 1.29 is 28.2 Å². The normalized spacial score (nSPS) is 11.3. The lowest BCUT2D eigenvalue weighted by molar-refractivity contribution is -0.110. The zero-order valence-electron chi connectivity index (χ0n) is 25.0. The van der Waals surface area contributed by atoms with Crippen LogP contribution in [0.25, 0.3) is 23.1 Å². The topological polar surface area (TPSA) is 115 Å². The molecule has 5 aromatic rings. The highest BCUT2D eigenvalue weighted by atomic mass is 16.5. The lowest BCUT2D eigenvalue weighted by Gasteiger charge is -2.10. The highest BCUT2D eigenvalue weighted by Gasteiger charge is 2.09. The number of ketones is 1. The summed E-state index contributed by atoms with van der Waals surface area (Å²) in [5, 5.41) is 9.16. The Morgan fingerprint density at radius 2 is 1.64 bits per heavy atom. The first-order valence-electron chi connectivity index (χ1n) is 14.4. The van der Waals surface area contributed by atoms with Crippen LogP contribution in [0.15, 0.2) is 100 Å². The first-order valence-corrected chi connectivity index (χ1v) is 14.4. The number of hydrogen-bond donors (Lipinski definition) is 0. The first kappa shape index (κ1) is 30.8. The minimum atomic E-state index is -0.437. The molecule has 0 aliphatic heterocycles. The number of aromatic nitrogens is 3. The molecule has 2 aromatic heterocycles. The molecule has 0 saturated heterocycles. The molecule has 3 aromatic carbocycles. The van der Waals surface area contributed by atoms with E-state index in [9.17, 15) is 9.59 Å². The van der Waals surface area contributed by atoms with Crippen LogP contribution in [0.4, 0.5) is 0 Å². The van der Waals surface area contributed by atoms with Gasteiger partial charge in [0, 0.05) is 12.1 Å². The van der Waals surface area contributed by atoms with Gasteiger partial charge >= 0.3 is 5.63 Å². The zero-order chi connectivity index (χ0) is 31.4. The number of ether oxygens (including phenoxy) is 4. The highest BCUT2D eigenvalue weighted by molar-refractivity contribution is 6.04. The van der Waals surface area contributed by atoms with Crippen molar-refractivity contribution in [2.75, 3.05) is 20.8 Å². The molecule has 0 spiro atoms. The third-order valence-electron chi connectivity index (χ3n) is 6.81. The summed E-state index contributed by atoms with van der Waals surface area (Å²) >= 11 is 0. The Hall–Kier alpha value is -5.64. The van der Waals surface area contributed by atoms with Crippen LogP contribution >= 0.6 is 0 Å². The van der Waals surface area contributed by atoms with Gasteiger partial charge in [-0.2, -0.15) is 0 Å². The van der Waals surface area contributed by atoms with E-state index in [0.717, 1.165) is 29.4 Å². The molecule has 0 aliphatic carbocycles. The van der Waals surface area contributed by atoms with Crippen molar-refractivity contribution in [2.24, 2.45) is 0 Å². The molecule has 0 N–H and O–H groups in total. The number of carbonyl (C=O) groups is 1. The number of nitrogens with zero attached hydrogens (tertiary/aromatic N) is 3. The average molecular weight is 608 g/mol. The second-order valence-corrected chi connectivity index (χ2v) is 9.96. The molecule has 0 fully saturated rings. The largest absolute Gasteiger partial charge is 0.496 e. The molecule has 2 heterocycles. The van der Waals surface area contributed by atoms with E-state index >= 15 is 0 Å². The van der Waals surface area contributed by atoms with Crippen molar-refractivity contribution in [3.8, 4) is 23.0 Å². The maximum atomic E-state index is 12.4. The van der Waals surface area contributed by atoms with Gasteiger partial charge in [0.2, 0.25) is 0 Å². The summed E-state index contributed by atoms with van der Waals surface area (Å²) in [5.41, 5.74) is 2.35. The third-order valence-corrected chi connectivity index (χ3v) is 6.81. The van der Waals surface area contributed by atoms with Crippen LogP contribution in [-0.2, 0) is 17.9 Å². The predicted octanol–water partition coefficient (Wildman–Crippen LogP) is 6.14. The Morgan fingerprint density at radius 3 is 2.51 bits per heavy atom. The molecule has 0 bridgehead atoms. The smallest absolute Gasteiger partial charge is 0.339 e. The van der Waals surface area contributed by atoms with Crippen LogP contribution in [0.5, 0.6) is 23.0 Å². The van der Waals surface area contributed by atoms with Crippen molar-refractivity contribution in [3.63, 3.8) is 0 Å². The Bertz CT molecular complexity index is 1870.